The van der Waals surface area contributed by atoms with Crippen LogP contribution in [0.2, 0.25) is 0 Å². The Morgan fingerprint density at radius 1 is 1.42 bits per heavy atom. The summed E-state index contributed by atoms with van der Waals surface area (Å²) >= 11 is 1.31. The molecular weight excluding hydrogens is 258 g/mol. The van der Waals surface area contributed by atoms with E-state index >= 15 is 0 Å². The van der Waals surface area contributed by atoms with E-state index < -0.39 is 0 Å². The van der Waals surface area contributed by atoms with Gasteiger partial charge in [-0.1, -0.05) is 18.3 Å². The summed E-state index contributed by atoms with van der Waals surface area (Å²) in [5.41, 5.74) is 2.14. The minimum Gasteiger partial charge on any atom is -0.370 e. The summed E-state index contributed by atoms with van der Waals surface area (Å²) in [5.74, 6) is 0.872. The lowest BCUT2D eigenvalue weighted by molar-refractivity contribution is 0.750. The first kappa shape index (κ1) is 13.8. The second kappa shape index (κ2) is 6.02. The number of thiazole rings is 1. The predicted octanol–water partition coefficient (Wildman–Crippen LogP) is 2.79. The molecule has 0 bridgehead atoms. The van der Waals surface area contributed by atoms with Gasteiger partial charge in [0.1, 0.15) is 5.82 Å². The van der Waals surface area contributed by atoms with Crippen molar-refractivity contribution >= 4 is 17.2 Å². The van der Waals surface area contributed by atoms with E-state index in [9.17, 15) is 4.79 Å². The summed E-state index contributed by atoms with van der Waals surface area (Å²) in [6, 6.07) is 3.96. The van der Waals surface area contributed by atoms with Crippen LogP contribution in [-0.2, 0) is 6.54 Å². The van der Waals surface area contributed by atoms with Crippen LogP contribution >= 0.6 is 11.3 Å². The van der Waals surface area contributed by atoms with Crippen molar-refractivity contribution in [2.45, 2.75) is 33.7 Å². The van der Waals surface area contributed by atoms with Gasteiger partial charge in [-0.2, -0.15) is 0 Å². The Morgan fingerprint density at radius 2 is 2.21 bits per heavy atom. The van der Waals surface area contributed by atoms with Crippen molar-refractivity contribution in [3.63, 3.8) is 0 Å². The van der Waals surface area contributed by atoms with E-state index in [-0.39, 0.29) is 4.87 Å². The molecule has 0 aliphatic heterocycles. The van der Waals surface area contributed by atoms with Gasteiger partial charge in [0.2, 0.25) is 0 Å². The summed E-state index contributed by atoms with van der Waals surface area (Å²) in [4.78, 5) is 17.3. The zero-order valence-electron chi connectivity index (χ0n) is 11.6. The van der Waals surface area contributed by atoms with Crippen molar-refractivity contribution in [3.05, 3.63) is 44.1 Å². The maximum absolute atomic E-state index is 11.9. The molecule has 4 nitrogen and oxygen atoms in total. The first-order chi connectivity index (χ1) is 9.11. The van der Waals surface area contributed by atoms with E-state index in [1.807, 2.05) is 30.5 Å². The third kappa shape index (κ3) is 3.23. The molecule has 0 fully saturated rings. The molecule has 0 amide bonds. The molecule has 0 aliphatic rings. The van der Waals surface area contributed by atoms with E-state index in [1.165, 1.54) is 11.3 Å². The van der Waals surface area contributed by atoms with Gasteiger partial charge in [0.25, 0.3) is 0 Å². The second-order valence-corrected chi connectivity index (χ2v) is 5.74. The van der Waals surface area contributed by atoms with Gasteiger partial charge in [-0.3, -0.25) is 9.36 Å². The summed E-state index contributed by atoms with van der Waals surface area (Å²) in [6.07, 6.45) is 2.85. The molecule has 0 unspecified atom stereocenters. The topological polar surface area (TPSA) is 46.9 Å². The van der Waals surface area contributed by atoms with Crippen LogP contribution in [0, 0.1) is 13.8 Å². The van der Waals surface area contributed by atoms with Gasteiger partial charge in [-0.25, -0.2) is 4.98 Å². The quantitative estimate of drug-likeness (QED) is 0.914. The minimum absolute atomic E-state index is 0.106. The second-order valence-electron chi connectivity index (χ2n) is 4.57. The number of nitrogens with zero attached hydrogens (tertiary/aromatic N) is 2. The fourth-order valence-corrected chi connectivity index (χ4v) is 2.71. The third-order valence-corrected chi connectivity index (χ3v) is 4.09. The van der Waals surface area contributed by atoms with Crippen LogP contribution < -0.4 is 10.2 Å². The highest BCUT2D eigenvalue weighted by Gasteiger charge is 2.08. The fraction of sp³-hybridized carbons (Fsp3) is 0.429. The number of nitrogens with one attached hydrogen (secondary N) is 1. The molecular formula is C14H19N3OS. The monoisotopic (exact) mass is 277 g/mol. The minimum atomic E-state index is 0.106. The standard InChI is InChI=1S/C14H19N3OS/c1-4-6-15-13-8-12(5-7-16-13)9-17-10(2)11(3)19-14(17)18/h5,7-8H,4,6,9H2,1-3H3,(H,15,16). The number of rotatable bonds is 5. The average Bonchev–Trinajstić information content (AvgIpc) is 2.64. The van der Waals surface area contributed by atoms with Crippen molar-refractivity contribution in [2.75, 3.05) is 11.9 Å². The van der Waals surface area contributed by atoms with Gasteiger partial charge in [-0.05, 0) is 38.0 Å². The predicted molar refractivity (Wildman–Crippen MR) is 80.2 cm³/mol. The molecule has 2 rings (SSSR count). The van der Waals surface area contributed by atoms with Crippen molar-refractivity contribution in [2.24, 2.45) is 0 Å². The van der Waals surface area contributed by atoms with Crippen LogP contribution in [0.1, 0.15) is 29.5 Å². The van der Waals surface area contributed by atoms with Crippen LogP contribution in [0.15, 0.2) is 23.1 Å². The van der Waals surface area contributed by atoms with Gasteiger partial charge in [0.15, 0.2) is 0 Å². The molecule has 0 aromatic carbocycles. The maximum Gasteiger partial charge on any atom is 0.307 e. The first-order valence-corrected chi connectivity index (χ1v) is 7.29. The SMILES string of the molecule is CCCNc1cc(Cn2c(C)c(C)sc2=O)ccn1. The molecule has 0 spiro atoms. The number of hydrogen-bond donors (Lipinski definition) is 1. The van der Waals surface area contributed by atoms with Crippen LogP contribution in [0.4, 0.5) is 5.82 Å². The third-order valence-electron chi connectivity index (χ3n) is 3.10. The number of aryl methyl sites for hydroxylation is 1. The van der Waals surface area contributed by atoms with Gasteiger partial charge >= 0.3 is 4.87 Å². The van der Waals surface area contributed by atoms with Gasteiger partial charge in [0.05, 0.1) is 6.54 Å². The van der Waals surface area contributed by atoms with E-state index in [1.54, 1.807) is 6.20 Å². The Kier molecular flexibility index (Phi) is 4.37. The average molecular weight is 277 g/mol. The molecule has 2 heterocycles. The Bertz CT molecular complexity index is 615. The molecule has 5 heteroatoms. The highest BCUT2D eigenvalue weighted by molar-refractivity contribution is 7.09. The van der Waals surface area contributed by atoms with Crippen LogP contribution in [0.3, 0.4) is 0 Å². The molecule has 0 radical (unpaired) electrons. The summed E-state index contributed by atoms with van der Waals surface area (Å²) < 4.78 is 1.82. The number of hydrogen-bond acceptors (Lipinski definition) is 4. The van der Waals surface area contributed by atoms with E-state index in [4.69, 9.17) is 0 Å². The lowest BCUT2D eigenvalue weighted by Gasteiger charge is -2.08. The zero-order chi connectivity index (χ0) is 13.8. The molecule has 1 N–H and O–H groups in total. The number of pyridine rings is 1. The number of anilines is 1. The Hall–Kier alpha value is -1.62. The highest BCUT2D eigenvalue weighted by Crippen LogP contribution is 2.13. The van der Waals surface area contributed by atoms with Crippen molar-refractivity contribution in [1.29, 1.82) is 0 Å². The smallest absolute Gasteiger partial charge is 0.307 e. The largest absolute Gasteiger partial charge is 0.370 e. The molecule has 2 aromatic rings. The van der Waals surface area contributed by atoms with Gasteiger partial charge in [-0.15, -0.1) is 0 Å². The lowest BCUT2D eigenvalue weighted by Crippen LogP contribution is -2.15. The normalized spacial score (nSPS) is 10.7. The molecule has 0 saturated carbocycles. The highest BCUT2D eigenvalue weighted by atomic mass is 32.1. The Morgan fingerprint density at radius 3 is 2.84 bits per heavy atom. The molecule has 19 heavy (non-hydrogen) atoms. The molecule has 0 atom stereocenters. The van der Waals surface area contributed by atoms with Crippen LogP contribution in [0.5, 0.6) is 0 Å². The lowest BCUT2D eigenvalue weighted by atomic mass is 10.2. The van der Waals surface area contributed by atoms with Crippen LogP contribution in [-0.4, -0.2) is 16.1 Å². The van der Waals surface area contributed by atoms with Crippen molar-refractivity contribution in [3.8, 4) is 0 Å². The molecule has 0 aliphatic carbocycles. The fourth-order valence-electron chi connectivity index (χ4n) is 1.87. The number of aromatic nitrogens is 2. The van der Waals surface area contributed by atoms with Gasteiger partial charge < -0.3 is 5.32 Å². The summed E-state index contributed by atoms with van der Waals surface area (Å²) in [6.45, 7) is 7.61. The van der Waals surface area contributed by atoms with Crippen LogP contribution in [0.25, 0.3) is 0 Å². The van der Waals surface area contributed by atoms with Crippen molar-refractivity contribution in [1.82, 2.24) is 9.55 Å². The van der Waals surface area contributed by atoms with Gasteiger partial charge in [0, 0.05) is 23.3 Å². The summed E-state index contributed by atoms with van der Waals surface area (Å²) in [5, 5.41) is 3.26. The van der Waals surface area contributed by atoms with Crippen molar-refractivity contribution < 1.29 is 0 Å². The zero-order valence-corrected chi connectivity index (χ0v) is 12.4. The van der Waals surface area contributed by atoms with E-state index in [2.05, 4.69) is 17.2 Å². The molecule has 0 saturated heterocycles. The Balaban J connectivity index is 2.21. The van der Waals surface area contributed by atoms with E-state index in [0.29, 0.717) is 6.54 Å². The first-order valence-electron chi connectivity index (χ1n) is 6.47. The Labute approximate surface area is 117 Å². The van der Waals surface area contributed by atoms with E-state index in [0.717, 1.165) is 34.9 Å². The summed E-state index contributed by atoms with van der Waals surface area (Å²) in [7, 11) is 0. The molecule has 102 valence electrons. The molecule has 2 aromatic heterocycles. The maximum atomic E-state index is 11.9.